The monoisotopic (exact) mass is 291 g/mol. The van der Waals surface area contributed by atoms with Gasteiger partial charge in [0.2, 0.25) is 0 Å². The van der Waals surface area contributed by atoms with Crippen LogP contribution >= 0.6 is 0 Å². The van der Waals surface area contributed by atoms with Crippen molar-refractivity contribution in [2.24, 2.45) is 5.92 Å². The van der Waals surface area contributed by atoms with E-state index < -0.39 is 17.3 Å². The van der Waals surface area contributed by atoms with E-state index in [4.69, 9.17) is 0 Å². The highest BCUT2D eigenvalue weighted by atomic mass is 16.4. The molecule has 0 saturated heterocycles. The summed E-state index contributed by atoms with van der Waals surface area (Å²) in [6.07, 6.45) is 1.64. The zero-order chi connectivity index (χ0) is 15.7. The van der Waals surface area contributed by atoms with Gasteiger partial charge in [-0.25, -0.2) is 0 Å². The van der Waals surface area contributed by atoms with Gasteiger partial charge < -0.3 is 5.11 Å². The molecule has 0 spiro atoms. The molecule has 1 aliphatic carbocycles. The Kier molecular flexibility index (Phi) is 3.46. The molecular weight excluding hydrogens is 274 g/mol. The van der Waals surface area contributed by atoms with E-state index in [1.54, 1.807) is 6.92 Å². The molecule has 0 fully saturated rings. The molecule has 0 radical (unpaired) electrons. The van der Waals surface area contributed by atoms with Crippen molar-refractivity contribution in [1.82, 2.24) is 0 Å². The van der Waals surface area contributed by atoms with Crippen LogP contribution in [-0.2, 0) is 23.1 Å². The number of carboxylic acid groups (broad SMARTS) is 1. The number of hydrogen-bond donors (Lipinski definition) is 1. The standard InChI is InChI=1S/C19H17NO2/c1-13(18(21)22)19(12-20)16-8-4-2-6-14(16)10-11-15-7-3-5-9-17(15)19/h2-9,13H,10-11H2,1H3,(H,21,22)/t13-/m0/s1. The highest BCUT2D eigenvalue weighted by Crippen LogP contribution is 2.44. The Bertz CT molecular complexity index is 725. The van der Waals surface area contributed by atoms with Crippen molar-refractivity contribution in [2.75, 3.05) is 0 Å². The molecule has 3 heteroatoms. The first-order chi connectivity index (χ1) is 10.6. The normalized spacial score (nSPS) is 16.5. The van der Waals surface area contributed by atoms with Crippen LogP contribution < -0.4 is 0 Å². The largest absolute Gasteiger partial charge is 0.481 e. The van der Waals surface area contributed by atoms with Gasteiger partial charge in [-0.3, -0.25) is 4.79 Å². The van der Waals surface area contributed by atoms with Gasteiger partial charge in [0.1, 0.15) is 5.41 Å². The Balaban J connectivity index is 2.40. The van der Waals surface area contributed by atoms with Gasteiger partial charge in [-0.1, -0.05) is 48.5 Å². The van der Waals surface area contributed by atoms with Crippen molar-refractivity contribution in [1.29, 1.82) is 5.26 Å². The number of fused-ring (bicyclic) bond motifs is 2. The first kappa shape index (κ1) is 14.3. The highest BCUT2D eigenvalue weighted by molar-refractivity contribution is 5.76. The molecule has 0 aromatic heterocycles. The van der Waals surface area contributed by atoms with Crippen LogP contribution in [0.3, 0.4) is 0 Å². The lowest BCUT2D eigenvalue weighted by atomic mass is 9.66. The van der Waals surface area contributed by atoms with Crippen LogP contribution in [0.1, 0.15) is 29.2 Å². The minimum Gasteiger partial charge on any atom is -0.481 e. The van der Waals surface area contributed by atoms with Crippen molar-refractivity contribution in [3.63, 3.8) is 0 Å². The van der Waals surface area contributed by atoms with Gasteiger partial charge in [-0.2, -0.15) is 5.26 Å². The molecule has 1 atom stereocenters. The molecule has 0 saturated carbocycles. The zero-order valence-electron chi connectivity index (χ0n) is 12.4. The van der Waals surface area contributed by atoms with E-state index in [0.29, 0.717) is 0 Å². The van der Waals surface area contributed by atoms with Gasteiger partial charge in [0.05, 0.1) is 12.0 Å². The van der Waals surface area contributed by atoms with Crippen LogP contribution in [0.4, 0.5) is 0 Å². The maximum Gasteiger partial charge on any atom is 0.308 e. The topological polar surface area (TPSA) is 61.1 Å². The van der Waals surface area contributed by atoms with Crippen LogP contribution in [-0.4, -0.2) is 11.1 Å². The number of hydrogen-bond acceptors (Lipinski definition) is 2. The third kappa shape index (κ3) is 1.92. The molecule has 3 nitrogen and oxygen atoms in total. The lowest BCUT2D eigenvalue weighted by Gasteiger charge is -2.33. The smallest absolute Gasteiger partial charge is 0.308 e. The Labute approximate surface area is 129 Å². The molecule has 0 amide bonds. The summed E-state index contributed by atoms with van der Waals surface area (Å²) in [6.45, 7) is 1.63. The SMILES string of the molecule is C[C@@H](C(=O)O)C1(C#N)c2ccccc2CCc2ccccc21. The van der Waals surface area contributed by atoms with E-state index in [9.17, 15) is 15.2 Å². The Morgan fingerprint density at radius 1 is 1.09 bits per heavy atom. The van der Waals surface area contributed by atoms with E-state index in [1.807, 2.05) is 48.5 Å². The fourth-order valence-corrected chi connectivity index (χ4v) is 3.53. The van der Waals surface area contributed by atoms with Gasteiger partial charge in [-0.05, 0) is 42.0 Å². The van der Waals surface area contributed by atoms with Crippen molar-refractivity contribution in [3.05, 3.63) is 70.8 Å². The molecule has 1 aliphatic rings. The van der Waals surface area contributed by atoms with Crippen LogP contribution in [0, 0.1) is 17.2 Å². The van der Waals surface area contributed by atoms with Crippen molar-refractivity contribution in [3.8, 4) is 6.07 Å². The predicted octanol–water partition coefficient (Wildman–Crippen LogP) is 3.32. The van der Waals surface area contributed by atoms with E-state index in [2.05, 4.69) is 6.07 Å². The van der Waals surface area contributed by atoms with Crippen molar-refractivity contribution < 1.29 is 9.90 Å². The fourth-order valence-electron chi connectivity index (χ4n) is 3.53. The van der Waals surface area contributed by atoms with E-state index in [0.717, 1.165) is 35.1 Å². The quantitative estimate of drug-likeness (QED) is 0.923. The minimum absolute atomic E-state index is 0.821. The Morgan fingerprint density at radius 3 is 1.95 bits per heavy atom. The minimum atomic E-state index is -1.14. The number of carbonyl (C=O) groups is 1. The average Bonchev–Trinajstić information content (AvgIpc) is 2.69. The van der Waals surface area contributed by atoms with Gasteiger partial charge in [0.25, 0.3) is 0 Å². The fraction of sp³-hybridized carbons (Fsp3) is 0.263. The van der Waals surface area contributed by atoms with Gasteiger partial charge in [-0.15, -0.1) is 0 Å². The predicted molar refractivity (Wildman–Crippen MR) is 83.5 cm³/mol. The summed E-state index contributed by atoms with van der Waals surface area (Å²) in [5.74, 6) is -1.77. The Hall–Kier alpha value is -2.60. The summed E-state index contributed by atoms with van der Waals surface area (Å²) >= 11 is 0. The van der Waals surface area contributed by atoms with Crippen molar-refractivity contribution in [2.45, 2.75) is 25.2 Å². The summed E-state index contributed by atoms with van der Waals surface area (Å²) in [5.41, 5.74) is 2.65. The first-order valence-electron chi connectivity index (χ1n) is 7.42. The summed E-state index contributed by atoms with van der Waals surface area (Å²) in [4.78, 5) is 11.7. The molecule has 22 heavy (non-hydrogen) atoms. The zero-order valence-corrected chi connectivity index (χ0v) is 12.4. The number of benzene rings is 2. The van der Waals surface area contributed by atoms with E-state index in [1.165, 1.54) is 0 Å². The summed E-state index contributed by atoms with van der Waals surface area (Å²) in [7, 11) is 0. The second-order valence-electron chi connectivity index (χ2n) is 5.79. The molecule has 1 N–H and O–H groups in total. The molecule has 2 aromatic rings. The number of aryl methyl sites for hydroxylation is 2. The van der Waals surface area contributed by atoms with E-state index in [-0.39, 0.29) is 0 Å². The number of nitrogens with zero attached hydrogens (tertiary/aromatic N) is 1. The molecule has 110 valence electrons. The summed E-state index contributed by atoms with van der Waals surface area (Å²) in [5, 5.41) is 19.7. The number of aliphatic carboxylic acids is 1. The molecule has 0 aliphatic heterocycles. The highest BCUT2D eigenvalue weighted by Gasteiger charge is 2.47. The van der Waals surface area contributed by atoms with Crippen LogP contribution in [0.15, 0.2) is 48.5 Å². The molecular formula is C19H17NO2. The second kappa shape index (κ2) is 5.31. The second-order valence-corrected chi connectivity index (χ2v) is 5.79. The van der Waals surface area contributed by atoms with Crippen LogP contribution in [0.25, 0.3) is 0 Å². The molecule has 0 unspecified atom stereocenters. The van der Waals surface area contributed by atoms with Crippen molar-refractivity contribution >= 4 is 5.97 Å². The molecule has 3 rings (SSSR count). The summed E-state index contributed by atoms with van der Waals surface area (Å²) in [6, 6.07) is 17.8. The van der Waals surface area contributed by atoms with Crippen LogP contribution in [0.2, 0.25) is 0 Å². The number of carboxylic acids is 1. The third-order valence-corrected chi connectivity index (χ3v) is 4.74. The van der Waals surface area contributed by atoms with Gasteiger partial charge in [0.15, 0.2) is 0 Å². The lowest BCUT2D eigenvalue weighted by molar-refractivity contribution is -0.142. The maximum absolute atomic E-state index is 11.7. The van der Waals surface area contributed by atoms with E-state index >= 15 is 0 Å². The average molecular weight is 291 g/mol. The molecule has 0 heterocycles. The van der Waals surface area contributed by atoms with Crippen LogP contribution in [0.5, 0.6) is 0 Å². The number of rotatable bonds is 2. The lowest BCUT2D eigenvalue weighted by Crippen LogP contribution is -2.39. The third-order valence-electron chi connectivity index (χ3n) is 4.74. The summed E-state index contributed by atoms with van der Waals surface area (Å²) < 4.78 is 0. The Morgan fingerprint density at radius 2 is 1.55 bits per heavy atom. The molecule has 2 aromatic carbocycles. The van der Waals surface area contributed by atoms with Gasteiger partial charge >= 0.3 is 5.97 Å². The molecule has 0 bridgehead atoms. The maximum atomic E-state index is 11.7. The number of nitriles is 1. The first-order valence-corrected chi connectivity index (χ1v) is 7.42. The van der Waals surface area contributed by atoms with Gasteiger partial charge in [0, 0.05) is 0 Å².